The quantitative estimate of drug-likeness (QED) is 0.250. The van der Waals surface area contributed by atoms with Crippen LogP contribution in [0.15, 0.2) is 42.5 Å². The Morgan fingerprint density at radius 1 is 1.10 bits per heavy atom. The number of rotatable bonds is 10. The third-order valence-electron chi connectivity index (χ3n) is 3.75. The van der Waals surface area contributed by atoms with Gasteiger partial charge in [-0.15, -0.1) is 0 Å². The normalized spacial score (nSPS) is 10.5. The van der Waals surface area contributed by atoms with Crippen LogP contribution in [0.5, 0.6) is 11.5 Å². The SMILES string of the molecule is CCOc1ccc(NC(=O)COC(=O)/C=C/c2ccc(Cl)c([N+](=O)[O-])c2)cc1OCC. The van der Waals surface area contributed by atoms with Gasteiger partial charge in [0.25, 0.3) is 11.6 Å². The highest BCUT2D eigenvalue weighted by Gasteiger charge is 2.12. The molecule has 0 unspecified atom stereocenters. The molecular weight excluding hydrogens is 428 g/mol. The molecule has 1 amide bonds. The summed E-state index contributed by atoms with van der Waals surface area (Å²) in [5.74, 6) is -0.287. The second-order valence-electron chi connectivity index (χ2n) is 5.98. The molecule has 9 nitrogen and oxygen atoms in total. The molecule has 1 N–H and O–H groups in total. The Bertz CT molecular complexity index is 992. The molecule has 0 fully saturated rings. The molecule has 0 saturated heterocycles. The van der Waals surface area contributed by atoms with Crippen molar-refractivity contribution < 1.29 is 28.7 Å². The predicted molar refractivity (Wildman–Crippen MR) is 116 cm³/mol. The van der Waals surface area contributed by atoms with Crippen LogP contribution in [-0.4, -0.2) is 36.6 Å². The molecule has 0 saturated carbocycles. The Morgan fingerprint density at radius 2 is 1.81 bits per heavy atom. The van der Waals surface area contributed by atoms with Crippen LogP contribution in [-0.2, 0) is 14.3 Å². The summed E-state index contributed by atoms with van der Waals surface area (Å²) in [5.41, 5.74) is 0.561. The van der Waals surface area contributed by atoms with E-state index in [1.165, 1.54) is 24.3 Å². The lowest BCUT2D eigenvalue weighted by atomic mass is 10.2. The summed E-state index contributed by atoms with van der Waals surface area (Å²) in [4.78, 5) is 34.2. The zero-order chi connectivity index (χ0) is 22.8. The third-order valence-corrected chi connectivity index (χ3v) is 4.07. The number of nitrogens with one attached hydrogen (secondary N) is 1. The van der Waals surface area contributed by atoms with E-state index in [1.807, 2.05) is 13.8 Å². The molecule has 0 aliphatic carbocycles. The van der Waals surface area contributed by atoms with Crippen molar-refractivity contribution in [3.05, 3.63) is 63.2 Å². The van der Waals surface area contributed by atoms with Crippen molar-refractivity contribution in [2.75, 3.05) is 25.1 Å². The van der Waals surface area contributed by atoms with E-state index in [4.69, 9.17) is 25.8 Å². The topological polar surface area (TPSA) is 117 Å². The first-order valence-corrected chi connectivity index (χ1v) is 9.70. The number of amides is 1. The second kappa shape index (κ2) is 11.6. The average Bonchev–Trinajstić information content (AvgIpc) is 2.73. The number of halogens is 1. The highest BCUT2D eigenvalue weighted by Crippen LogP contribution is 2.30. The third kappa shape index (κ3) is 7.31. The number of anilines is 1. The Kier molecular flexibility index (Phi) is 8.83. The van der Waals surface area contributed by atoms with Gasteiger partial charge < -0.3 is 19.5 Å². The van der Waals surface area contributed by atoms with Crippen molar-refractivity contribution in [2.24, 2.45) is 0 Å². The minimum Gasteiger partial charge on any atom is -0.490 e. The number of ether oxygens (including phenoxy) is 3. The van der Waals surface area contributed by atoms with Crippen molar-refractivity contribution >= 4 is 40.9 Å². The Morgan fingerprint density at radius 3 is 2.48 bits per heavy atom. The predicted octanol–water partition coefficient (Wildman–Crippen LogP) is 4.24. The minimum atomic E-state index is -0.783. The molecule has 0 heterocycles. The molecule has 31 heavy (non-hydrogen) atoms. The van der Waals surface area contributed by atoms with Gasteiger partial charge in [-0.05, 0) is 43.7 Å². The number of nitro groups is 1. The molecule has 164 valence electrons. The fourth-order valence-electron chi connectivity index (χ4n) is 2.45. The number of hydrogen-bond donors (Lipinski definition) is 1. The van der Waals surface area contributed by atoms with Crippen LogP contribution in [0.1, 0.15) is 19.4 Å². The molecule has 2 rings (SSSR count). The van der Waals surface area contributed by atoms with Gasteiger partial charge in [-0.3, -0.25) is 14.9 Å². The zero-order valence-corrected chi connectivity index (χ0v) is 17.7. The van der Waals surface area contributed by atoms with Gasteiger partial charge in [0.1, 0.15) is 5.02 Å². The first-order chi connectivity index (χ1) is 14.8. The van der Waals surface area contributed by atoms with Gasteiger partial charge in [0.15, 0.2) is 18.1 Å². The van der Waals surface area contributed by atoms with Gasteiger partial charge in [-0.25, -0.2) is 4.79 Å². The summed E-state index contributed by atoms with van der Waals surface area (Å²) in [5, 5.41) is 13.5. The maximum atomic E-state index is 12.1. The maximum Gasteiger partial charge on any atom is 0.331 e. The molecule has 2 aromatic carbocycles. The van der Waals surface area contributed by atoms with Crippen molar-refractivity contribution in [3.8, 4) is 11.5 Å². The van der Waals surface area contributed by atoms with Gasteiger partial charge in [0, 0.05) is 23.9 Å². The molecule has 0 bridgehead atoms. The van der Waals surface area contributed by atoms with E-state index in [0.717, 1.165) is 6.08 Å². The number of benzene rings is 2. The van der Waals surface area contributed by atoms with E-state index in [9.17, 15) is 19.7 Å². The largest absolute Gasteiger partial charge is 0.490 e. The summed E-state index contributed by atoms with van der Waals surface area (Å²) in [6.07, 6.45) is 2.38. The van der Waals surface area contributed by atoms with E-state index >= 15 is 0 Å². The van der Waals surface area contributed by atoms with Gasteiger partial charge in [0.2, 0.25) is 0 Å². The Balaban J connectivity index is 1.92. The van der Waals surface area contributed by atoms with Crippen LogP contribution >= 0.6 is 11.6 Å². The van der Waals surface area contributed by atoms with E-state index < -0.39 is 23.4 Å². The number of hydrogen-bond acceptors (Lipinski definition) is 7. The number of nitro benzene ring substituents is 1. The van der Waals surface area contributed by atoms with Crippen LogP contribution in [0.4, 0.5) is 11.4 Å². The number of carbonyl (C=O) groups excluding carboxylic acids is 2. The van der Waals surface area contributed by atoms with E-state index in [0.29, 0.717) is 36.0 Å². The van der Waals surface area contributed by atoms with E-state index in [-0.39, 0.29) is 10.7 Å². The molecule has 0 atom stereocenters. The standard InChI is InChI=1S/C21H21ClN2O7/c1-3-29-18-9-7-15(12-19(18)30-4-2)23-20(25)13-31-21(26)10-6-14-5-8-16(22)17(11-14)24(27)28/h5-12H,3-4,13H2,1-2H3,(H,23,25)/b10-6+. The lowest BCUT2D eigenvalue weighted by Crippen LogP contribution is -2.20. The summed E-state index contributed by atoms with van der Waals surface area (Å²) < 4.78 is 15.8. The summed E-state index contributed by atoms with van der Waals surface area (Å²) in [6, 6.07) is 9.01. The summed E-state index contributed by atoms with van der Waals surface area (Å²) in [7, 11) is 0. The molecule has 0 spiro atoms. The summed E-state index contributed by atoms with van der Waals surface area (Å²) in [6.45, 7) is 4.07. The highest BCUT2D eigenvalue weighted by molar-refractivity contribution is 6.32. The van der Waals surface area contributed by atoms with Gasteiger partial charge in [-0.2, -0.15) is 0 Å². The Hall–Kier alpha value is -3.59. The summed E-state index contributed by atoms with van der Waals surface area (Å²) >= 11 is 5.74. The van der Waals surface area contributed by atoms with Crippen molar-refractivity contribution in [2.45, 2.75) is 13.8 Å². The fourth-order valence-corrected chi connectivity index (χ4v) is 2.63. The van der Waals surface area contributed by atoms with Crippen molar-refractivity contribution in [3.63, 3.8) is 0 Å². The van der Waals surface area contributed by atoms with Crippen LogP contribution in [0.2, 0.25) is 5.02 Å². The maximum absolute atomic E-state index is 12.1. The van der Waals surface area contributed by atoms with Crippen LogP contribution in [0.25, 0.3) is 6.08 Å². The van der Waals surface area contributed by atoms with E-state index in [1.54, 1.807) is 18.2 Å². The van der Waals surface area contributed by atoms with Crippen molar-refractivity contribution in [1.29, 1.82) is 0 Å². The zero-order valence-electron chi connectivity index (χ0n) is 16.9. The van der Waals surface area contributed by atoms with Crippen LogP contribution in [0, 0.1) is 10.1 Å². The fraction of sp³-hybridized carbons (Fsp3) is 0.238. The first-order valence-electron chi connectivity index (χ1n) is 9.32. The van der Waals surface area contributed by atoms with E-state index in [2.05, 4.69) is 5.32 Å². The van der Waals surface area contributed by atoms with Crippen LogP contribution < -0.4 is 14.8 Å². The lowest BCUT2D eigenvalue weighted by molar-refractivity contribution is -0.384. The molecule has 2 aromatic rings. The smallest absolute Gasteiger partial charge is 0.331 e. The number of nitrogens with zero attached hydrogens (tertiary/aromatic N) is 1. The monoisotopic (exact) mass is 448 g/mol. The molecule has 10 heteroatoms. The van der Waals surface area contributed by atoms with Gasteiger partial charge >= 0.3 is 5.97 Å². The molecule has 0 aliphatic heterocycles. The highest BCUT2D eigenvalue weighted by atomic mass is 35.5. The Labute approximate surface area is 183 Å². The lowest BCUT2D eigenvalue weighted by Gasteiger charge is -2.13. The number of esters is 1. The average molecular weight is 449 g/mol. The second-order valence-corrected chi connectivity index (χ2v) is 6.39. The molecular formula is C21H21ClN2O7. The molecule has 0 aromatic heterocycles. The number of carbonyl (C=O) groups is 2. The first kappa shape index (κ1) is 23.7. The van der Waals surface area contributed by atoms with Crippen LogP contribution in [0.3, 0.4) is 0 Å². The van der Waals surface area contributed by atoms with Gasteiger partial charge in [0.05, 0.1) is 18.1 Å². The molecule has 0 aliphatic rings. The van der Waals surface area contributed by atoms with Gasteiger partial charge in [-0.1, -0.05) is 17.7 Å². The molecule has 0 radical (unpaired) electrons. The minimum absolute atomic E-state index is 0.0109. The van der Waals surface area contributed by atoms with Crippen molar-refractivity contribution in [1.82, 2.24) is 0 Å².